The summed E-state index contributed by atoms with van der Waals surface area (Å²) in [6, 6.07) is 10.6. The molecule has 0 atom stereocenters. The van der Waals surface area contributed by atoms with Gasteiger partial charge in [0.2, 0.25) is 0 Å². The molecule has 7 heteroatoms. The average molecular weight is 331 g/mol. The average Bonchev–Trinajstić information content (AvgIpc) is 3.03. The zero-order valence-corrected chi connectivity index (χ0v) is 14.6. The maximum Gasteiger partial charge on any atom is 0.374 e. The van der Waals surface area contributed by atoms with Crippen molar-refractivity contribution < 1.29 is 8.96 Å². The Hall–Kier alpha value is -1.60. The Morgan fingerprint density at radius 3 is 1.82 bits per heavy atom. The fourth-order valence-electron chi connectivity index (χ4n) is 2.91. The van der Waals surface area contributed by atoms with Crippen molar-refractivity contribution in [1.29, 1.82) is 0 Å². The third-order valence-electron chi connectivity index (χ3n) is 4.23. The summed E-state index contributed by atoms with van der Waals surface area (Å²) < 4.78 is 8.54. The summed E-state index contributed by atoms with van der Waals surface area (Å²) in [5.41, 5.74) is 1.32. The summed E-state index contributed by atoms with van der Waals surface area (Å²) >= 11 is 9.32. The van der Waals surface area contributed by atoms with Gasteiger partial charge in [-0.3, -0.25) is 0 Å². The van der Waals surface area contributed by atoms with Crippen molar-refractivity contribution in [2.24, 2.45) is 14.1 Å². The molecule has 4 nitrogen and oxygen atoms in total. The molecule has 0 aliphatic heterocycles. The Labute approximate surface area is 142 Å². The van der Waals surface area contributed by atoms with Gasteiger partial charge in [-0.15, -0.1) is 0 Å². The number of aromatic nitrogens is 4. The molecular formula is C15H20BN4S2+. The molecule has 3 aromatic rings. The summed E-state index contributed by atoms with van der Waals surface area (Å²) in [5, 5.41) is 1.89. The summed E-state index contributed by atoms with van der Waals surface area (Å²) in [5.74, 6) is 0. The van der Waals surface area contributed by atoms with Crippen LogP contribution >= 0.6 is 25.3 Å². The van der Waals surface area contributed by atoms with Crippen LogP contribution in [-0.2, 0) is 20.4 Å². The quantitative estimate of drug-likeness (QED) is 0.523. The highest BCUT2D eigenvalue weighted by atomic mass is 32.1. The van der Waals surface area contributed by atoms with Crippen LogP contribution in [0.15, 0.2) is 65.4 Å². The molecule has 2 heterocycles. The first-order valence-corrected chi connectivity index (χ1v) is 8.23. The Bertz CT molecular complexity index is 736. The van der Waals surface area contributed by atoms with Crippen molar-refractivity contribution in [3.8, 4) is 0 Å². The summed E-state index contributed by atoms with van der Waals surface area (Å²) in [7, 11) is 4.02. The standard InChI is InChI=1S/C15H19BN4S2/c1-17-8-10-19(14(17)21)16(12-13-6-4-3-5-7-13)20-11-9-18(2)15(20)22/h3-11,16H,12H2,1-2H3,(H-,21,22)/p+1. The van der Waals surface area contributed by atoms with Gasteiger partial charge in [-0.2, -0.15) is 0 Å². The first-order chi connectivity index (χ1) is 10.6. The Balaban J connectivity index is 2.06. The molecule has 0 aliphatic rings. The van der Waals surface area contributed by atoms with Crippen LogP contribution in [0.1, 0.15) is 5.56 Å². The Morgan fingerprint density at radius 1 is 0.909 bits per heavy atom. The number of hydrogen-bond donors (Lipinski definition) is 2. The largest absolute Gasteiger partial charge is 0.383 e. The van der Waals surface area contributed by atoms with Gasteiger partial charge in [0, 0.05) is 0 Å². The molecule has 22 heavy (non-hydrogen) atoms. The zero-order chi connectivity index (χ0) is 15.7. The predicted molar refractivity (Wildman–Crippen MR) is 93.8 cm³/mol. The highest BCUT2D eigenvalue weighted by Crippen LogP contribution is 2.06. The molecule has 0 unspecified atom stereocenters. The fourth-order valence-corrected chi connectivity index (χ4v) is 3.50. The van der Waals surface area contributed by atoms with E-state index in [1.165, 1.54) is 5.56 Å². The topological polar surface area (TPSA) is 17.6 Å². The van der Waals surface area contributed by atoms with E-state index < -0.39 is 6.98 Å². The molecule has 0 aliphatic carbocycles. The van der Waals surface area contributed by atoms with Gasteiger partial charge in [-0.1, -0.05) is 67.5 Å². The first-order valence-electron chi connectivity index (χ1n) is 7.33. The summed E-state index contributed by atoms with van der Waals surface area (Å²) in [4.78, 5) is 0. The predicted octanol–water partition coefficient (Wildman–Crippen LogP) is 0.915. The second-order valence-corrected chi connectivity index (χ2v) is 6.48. The van der Waals surface area contributed by atoms with Gasteiger partial charge in [0.25, 0.3) is 10.3 Å². The summed E-state index contributed by atoms with van der Waals surface area (Å²) in [6.45, 7) is -0.910. The van der Waals surface area contributed by atoms with Crippen molar-refractivity contribution in [2.45, 2.75) is 16.6 Å². The van der Waals surface area contributed by atoms with Crippen LogP contribution in [0.3, 0.4) is 0 Å². The van der Waals surface area contributed by atoms with E-state index >= 15 is 0 Å². The monoisotopic (exact) mass is 331 g/mol. The third-order valence-corrected chi connectivity index (χ3v) is 5.37. The number of imidazole rings is 2. The van der Waals surface area contributed by atoms with Crippen LogP contribution < -0.4 is 8.96 Å². The number of hydrogen-bond acceptors (Lipinski definition) is 2. The lowest BCUT2D eigenvalue weighted by molar-refractivity contribution is -0.713. The van der Waals surface area contributed by atoms with Crippen LogP contribution in [0.25, 0.3) is 0 Å². The van der Waals surface area contributed by atoms with Crippen molar-refractivity contribution in [3.63, 3.8) is 0 Å². The number of aryl methyl sites for hydroxylation is 2. The lowest BCUT2D eigenvalue weighted by Crippen LogP contribution is -2.71. The van der Waals surface area contributed by atoms with E-state index in [1.54, 1.807) is 0 Å². The van der Waals surface area contributed by atoms with Gasteiger partial charge in [0.1, 0.15) is 12.4 Å². The molecule has 0 fully saturated rings. The van der Waals surface area contributed by atoms with E-state index in [2.05, 4.69) is 70.9 Å². The van der Waals surface area contributed by atoms with Gasteiger partial charge in [0.05, 0.1) is 26.5 Å². The van der Waals surface area contributed by atoms with Gasteiger partial charge >= 0.3 is 6.98 Å². The second kappa shape index (κ2) is 6.26. The highest BCUT2D eigenvalue weighted by molar-refractivity contribution is 7.80. The van der Waals surface area contributed by atoms with Gasteiger partial charge in [-0.25, -0.2) is 9.13 Å². The third kappa shape index (κ3) is 2.83. The lowest BCUT2D eigenvalue weighted by Gasteiger charge is -2.19. The zero-order valence-electron chi connectivity index (χ0n) is 12.8. The van der Waals surface area contributed by atoms with E-state index in [9.17, 15) is 0 Å². The number of nitrogens with zero attached hydrogens (tertiary/aromatic N) is 4. The molecule has 1 aromatic carbocycles. The molecule has 0 radical (unpaired) electrons. The number of benzene rings is 1. The van der Waals surface area contributed by atoms with Crippen LogP contribution in [0.2, 0.25) is 0 Å². The molecule has 0 N–H and O–H groups in total. The molecule has 114 valence electrons. The van der Waals surface area contributed by atoms with E-state index in [-0.39, 0.29) is 0 Å². The molecule has 2 aromatic heterocycles. The molecule has 0 saturated carbocycles. The van der Waals surface area contributed by atoms with Gasteiger partial charge in [-0.05, 0) is 0 Å². The van der Waals surface area contributed by atoms with Crippen molar-refractivity contribution >= 4 is 32.2 Å². The van der Waals surface area contributed by atoms with Gasteiger partial charge < -0.3 is 8.96 Å². The molecule has 0 amide bonds. The summed E-state index contributed by atoms with van der Waals surface area (Å²) in [6.07, 6.45) is 9.21. The first kappa shape index (κ1) is 15.3. The Morgan fingerprint density at radius 2 is 1.41 bits per heavy atom. The van der Waals surface area contributed by atoms with E-state index in [4.69, 9.17) is 0 Å². The minimum atomic E-state index is -0.910. The SMILES string of the molecule is Cn1cc[n+]([BH-](Cc2ccccc2)[n+]2ccn(C)c2S)c1S. The van der Waals surface area contributed by atoms with Crippen LogP contribution in [0, 0.1) is 0 Å². The normalized spacial score (nSPS) is 11.3. The minimum Gasteiger partial charge on any atom is -0.383 e. The van der Waals surface area contributed by atoms with Crippen molar-refractivity contribution in [3.05, 3.63) is 60.7 Å². The number of thiol groups is 2. The molecule has 0 spiro atoms. The van der Waals surface area contributed by atoms with E-state index in [1.807, 2.05) is 41.7 Å². The second-order valence-electron chi connectivity index (χ2n) is 5.68. The number of rotatable bonds is 4. The Kier molecular flexibility index (Phi) is 4.36. The maximum absolute atomic E-state index is 4.66. The van der Waals surface area contributed by atoms with Crippen LogP contribution in [0.4, 0.5) is 0 Å². The molecular weight excluding hydrogens is 311 g/mol. The highest BCUT2D eigenvalue weighted by Gasteiger charge is 2.26. The minimum absolute atomic E-state index is 0.910. The molecule has 3 rings (SSSR count). The van der Waals surface area contributed by atoms with Crippen LogP contribution in [-0.4, -0.2) is 16.1 Å². The molecule has 0 saturated heterocycles. The van der Waals surface area contributed by atoms with E-state index in [0.29, 0.717) is 0 Å². The van der Waals surface area contributed by atoms with Crippen molar-refractivity contribution in [1.82, 2.24) is 9.13 Å². The van der Waals surface area contributed by atoms with Crippen LogP contribution in [0.5, 0.6) is 0 Å². The maximum atomic E-state index is 4.66. The van der Waals surface area contributed by atoms with Gasteiger partial charge in [0.15, 0.2) is 0 Å². The fraction of sp³-hybridized carbons (Fsp3) is 0.200. The van der Waals surface area contributed by atoms with Crippen molar-refractivity contribution in [2.75, 3.05) is 0 Å². The van der Waals surface area contributed by atoms with E-state index in [0.717, 1.165) is 16.6 Å². The smallest absolute Gasteiger partial charge is 0.374 e. The molecule has 0 bridgehead atoms. The lowest BCUT2D eigenvalue weighted by atomic mass is 9.69.